The Bertz CT molecular complexity index is 1170. The van der Waals surface area contributed by atoms with E-state index in [1.165, 1.54) is 11.1 Å². The van der Waals surface area contributed by atoms with Gasteiger partial charge in [-0.2, -0.15) is 11.8 Å². The summed E-state index contributed by atoms with van der Waals surface area (Å²) in [5.74, 6) is 2.15. The zero-order chi connectivity index (χ0) is 23.7. The Hall–Kier alpha value is -2.97. The molecule has 0 aliphatic carbocycles. The van der Waals surface area contributed by atoms with Gasteiger partial charge in [-0.15, -0.1) is 0 Å². The van der Waals surface area contributed by atoms with Crippen molar-refractivity contribution in [2.75, 3.05) is 29.4 Å². The maximum Gasteiger partial charge on any atom is 0.240 e. The number of ether oxygens (including phenoxy) is 1. The summed E-state index contributed by atoms with van der Waals surface area (Å²) in [6, 6.07) is 24.2. The lowest BCUT2D eigenvalue weighted by atomic mass is 10.2. The number of thioether (sulfide) groups is 1. The minimum Gasteiger partial charge on any atom is -0.455 e. The van der Waals surface area contributed by atoms with Crippen molar-refractivity contribution in [3.05, 3.63) is 90.0 Å². The average molecular weight is 485 g/mol. The number of benzene rings is 3. The second-order valence-electron chi connectivity index (χ2n) is 7.54. The smallest absolute Gasteiger partial charge is 0.240 e. The van der Waals surface area contributed by atoms with Crippen molar-refractivity contribution in [1.82, 2.24) is 5.32 Å². The maximum absolute atomic E-state index is 12.6. The summed E-state index contributed by atoms with van der Waals surface area (Å²) in [6.45, 7) is 2.19. The molecule has 6 nitrogen and oxygen atoms in total. The highest BCUT2D eigenvalue weighted by Crippen LogP contribution is 2.33. The molecule has 33 heavy (non-hydrogen) atoms. The van der Waals surface area contributed by atoms with Crippen LogP contribution < -0.4 is 14.4 Å². The number of nitrogens with zero attached hydrogens (tertiary/aromatic N) is 1. The van der Waals surface area contributed by atoms with Crippen LogP contribution in [-0.2, 0) is 20.6 Å². The van der Waals surface area contributed by atoms with Crippen LogP contribution in [0, 0.1) is 6.92 Å². The molecular formula is C25H28N2O4S2. The Morgan fingerprint density at radius 1 is 1.00 bits per heavy atom. The molecule has 174 valence electrons. The third-order valence-electron chi connectivity index (χ3n) is 4.71. The van der Waals surface area contributed by atoms with Gasteiger partial charge in [0.1, 0.15) is 12.3 Å². The van der Waals surface area contributed by atoms with Crippen molar-refractivity contribution < 1.29 is 17.9 Å². The fraction of sp³-hybridized carbons (Fsp3) is 0.240. The highest BCUT2D eigenvalue weighted by atomic mass is 32.2. The number of anilines is 1. The predicted octanol–water partition coefficient (Wildman–Crippen LogP) is 4.60. The van der Waals surface area contributed by atoms with E-state index in [1.54, 1.807) is 48.2 Å². The molecule has 0 saturated heterocycles. The molecular weight excluding hydrogens is 456 g/mol. The number of aryl methyl sites for hydroxylation is 1. The van der Waals surface area contributed by atoms with Crippen LogP contribution in [0.15, 0.2) is 78.9 Å². The van der Waals surface area contributed by atoms with Gasteiger partial charge >= 0.3 is 0 Å². The lowest BCUT2D eigenvalue weighted by Crippen LogP contribution is -2.41. The van der Waals surface area contributed by atoms with Crippen LogP contribution in [0.25, 0.3) is 0 Å². The zero-order valence-corrected chi connectivity index (χ0v) is 20.4. The Morgan fingerprint density at radius 3 is 2.45 bits per heavy atom. The number of sulfonamides is 1. The molecule has 0 fully saturated rings. The molecule has 0 saturated carbocycles. The summed E-state index contributed by atoms with van der Waals surface area (Å²) in [7, 11) is -3.72. The molecule has 1 amide bonds. The molecule has 1 N–H and O–H groups in total. The molecule has 0 spiro atoms. The highest BCUT2D eigenvalue weighted by molar-refractivity contribution is 7.98. The topological polar surface area (TPSA) is 75.7 Å². The van der Waals surface area contributed by atoms with Crippen LogP contribution in [0.4, 0.5) is 5.69 Å². The van der Waals surface area contributed by atoms with Crippen molar-refractivity contribution in [2.45, 2.75) is 12.7 Å². The molecule has 0 atom stereocenters. The van der Waals surface area contributed by atoms with Gasteiger partial charge in [-0.3, -0.25) is 9.10 Å². The Labute approximate surface area is 200 Å². The summed E-state index contributed by atoms with van der Waals surface area (Å²) >= 11 is 1.71. The van der Waals surface area contributed by atoms with E-state index in [1.807, 2.05) is 24.3 Å². The number of carbonyl (C=O) groups excluding carboxylic acids is 1. The molecule has 0 aliphatic heterocycles. The molecule has 0 heterocycles. The van der Waals surface area contributed by atoms with Crippen molar-refractivity contribution in [2.24, 2.45) is 0 Å². The van der Waals surface area contributed by atoms with Gasteiger partial charge in [0, 0.05) is 18.1 Å². The summed E-state index contributed by atoms with van der Waals surface area (Å²) in [5, 5.41) is 2.82. The second kappa shape index (κ2) is 11.8. The molecule has 8 heteroatoms. The number of carbonyl (C=O) groups is 1. The number of hydrogen-bond donors (Lipinski definition) is 1. The van der Waals surface area contributed by atoms with Crippen LogP contribution in [0.2, 0.25) is 0 Å². The summed E-state index contributed by atoms with van der Waals surface area (Å²) in [5.41, 5.74) is 2.77. The number of para-hydroxylation sites is 3. The molecule has 3 aromatic rings. The van der Waals surface area contributed by atoms with Crippen LogP contribution >= 0.6 is 11.8 Å². The maximum atomic E-state index is 12.6. The van der Waals surface area contributed by atoms with Crippen LogP contribution in [0.5, 0.6) is 11.5 Å². The zero-order valence-electron chi connectivity index (χ0n) is 18.7. The molecule has 0 aromatic heterocycles. The van der Waals surface area contributed by atoms with Gasteiger partial charge in [0.25, 0.3) is 0 Å². The van der Waals surface area contributed by atoms with Crippen LogP contribution in [0.3, 0.4) is 0 Å². The van der Waals surface area contributed by atoms with E-state index in [4.69, 9.17) is 4.74 Å². The van der Waals surface area contributed by atoms with Gasteiger partial charge in [0.05, 0.1) is 11.9 Å². The van der Waals surface area contributed by atoms with Crippen molar-refractivity contribution in [3.63, 3.8) is 0 Å². The van der Waals surface area contributed by atoms with E-state index < -0.39 is 10.0 Å². The second-order valence-corrected chi connectivity index (χ2v) is 10.6. The van der Waals surface area contributed by atoms with Gasteiger partial charge in [-0.05, 0) is 36.8 Å². The Morgan fingerprint density at radius 2 is 1.73 bits per heavy atom. The predicted molar refractivity (Wildman–Crippen MR) is 135 cm³/mol. The van der Waals surface area contributed by atoms with Gasteiger partial charge in [-0.25, -0.2) is 8.42 Å². The minimum absolute atomic E-state index is 0.313. The normalized spacial score (nSPS) is 11.1. The van der Waals surface area contributed by atoms with E-state index >= 15 is 0 Å². The summed E-state index contributed by atoms with van der Waals surface area (Å²) < 4.78 is 32.0. The third kappa shape index (κ3) is 7.83. The fourth-order valence-electron chi connectivity index (χ4n) is 3.19. The lowest BCUT2D eigenvalue weighted by Gasteiger charge is -2.24. The molecule has 3 aromatic carbocycles. The molecule has 0 bridgehead atoms. The van der Waals surface area contributed by atoms with Gasteiger partial charge in [0.15, 0.2) is 5.75 Å². The Kier molecular flexibility index (Phi) is 8.79. The molecule has 3 rings (SSSR count). The molecule has 0 aliphatic rings. The number of nitrogens with one attached hydrogen (secondary N) is 1. The van der Waals surface area contributed by atoms with E-state index in [9.17, 15) is 13.2 Å². The fourth-order valence-corrected chi connectivity index (χ4v) is 4.85. The van der Waals surface area contributed by atoms with Crippen molar-refractivity contribution in [3.8, 4) is 11.5 Å². The quantitative estimate of drug-likeness (QED) is 0.403. The minimum atomic E-state index is -3.72. The first kappa shape index (κ1) is 24.7. The number of rotatable bonds is 11. The molecule has 0 unspecified atom stereocenters. The average Bonchev–Trinajstić information content (AvgIpc) is 2.78. The largest absolute Gasteiger partial charge is 0.455 e. The van der Waals surface area contributed by atoms with E-state index in [2.05, 4.69) is 30.4 Å². The lowest BCUT2D eigenvalue weighted by molar-refractivity contribution is -0.119. The van der Waals surface area contributed by atoms with Gasteiger partial charge in [-0.1, -0.05) is 60.2 Å². The number of hydrogen-bond acceptors (Lipinski definition) is 5. The first-order valence-electron chi connectivity index (χ1n) is 10.5. The van der Waals surface area contributed by atoms with Crippen molar-refractivity contribution >= 4 is 33.4 Å². The summed E-state index contributed by atoms with van der Waals surface area (Å²) in [4.78, 5) is 12.6. The number of amides is 1. The first-order valence-corrected chi connectivity index (χ1v) is 13.5. The van der Waals surface area contributed by atoms with Gasteiger partial charge < -0.3 is 10.1 Å². The third-order valence-corrected chi connectivity index (χ3v) is 6.87. The van der Waals surface area contributed by atoms with E-state index in [-0.39, 0.29) is 12.5 Å². The van der Waals surface area contributed by atoms with Gasteiger partial charge in [0.2, 0.25) is 15.9 Å². The van der Waals surface area contributed by atoms with Crippen molar-refractivity contribution in [1.29, 1.82) is 0 Å². The first-order chi connectivity index (χ1) is 15.8. The van der Waals surface area contributed by atoms with Crippen LogP contribution in [0.1, 0.15) is 11.1 Å². The molecule has 0 radical (unpaired) electrons. The van der Waals surface area contributed by atoms with Crippen LogP contribution in [-0.4, -0.2) is 39.4 Å². The van der Waals surface area contributed by atoms with E-state index in [0.717, 1.165) is 22.1 Å². The SMILES string of the molecule is Cc1cccc(CSCCNC(=O)CN(c2ccccc2Oc2ccccc2)S(C)(=O)=O)c1. The monoisotopic (exact) mass is 484 g/mol. The Balaban J connectivity index is 1.59. The highest BCUT2D eigenvalue weighted by Gasteiger charge is 2.24. The standard InChI is InChI=1S/C25H28N2O4S2/c1-20-9-8-10-21(17-20)19-32-16-15-26-25(28)18-27(33(2,29)30)23-13-6-7-14-24(23)31-22-11-4-3-5-12-22/h3-14,17H,15-16,18-19H2,1-2H3,(H,26,28). The summed E-state index contributed by atoms with van der Waals surface area (Å²) in [6.07, 6.45) is 1.08. The van der Waals surface area contributed by atoms with E-state index in [0.29, 0.717) is 23.7 Å².